The van der Waals surface area contributed by atoms with Gasteiger partial charge in [-0.3, -0.25) is 4.79 Å². The van der Waals surface area contributed by atoms with Gasteiger partial charge in [0.1, 0.15) is 5.82 Å². The average Bonchev–Trinajstić information content (AvgIpc) is 2.77. The number of benzene rings is 3. The van der Waals surface area contributed by atoms with E-state index in [2.05, 4.69) is 9.71 Å². The molecule has 9 heteroatoms. The fourth-order valence-corrected chi connectivity index (χ4v) is 4.16. The molecule has 0 atom stereocenters. The highest BCUT2D eigenvalue weighted by molar-refractivity contribution is 7.90. The van der Waals surface area contributed by atoms with Crippen LogP contribution in [0, 0.1) is 5.82 Å². The predicted octanol–water partition coefficient (Wildman–Crippen LogP) is 2.56. The smallest absolute Gasteiger partial charge is 0.282 e. The second kappa shape index (κ2) is 8.20. The predicted molar refractivity (Wildman–Crippen MR) is 113 cm³/mol. The van der Waals surface area contributed by atoms with Crippen LogP contribution in [-0.4, -0.2) is 25.9 Å². The SMILES string of the molecule is O=C([O-])c1cccc(NC2=CC(=NS(=O)(=O)c3ccc(F)cc3)c3ccccc3C2=O)c1. The van der Waals surface area contributed by atoms with Gasteiger partial charge in [0.15, 0.2) is 0 Å². The second-order valence-corrected chi connectivity index (χ2v) is 8.44. The van der Waals surface area contributed by atoms with Crippen molar-refractivity contribution in [2.45, 2.75) is 4.90 Å². The lowest BCUT2D eigenvalue weighted by Crippen LogP contribution is -2.24. The quantitative estimate of drug-likeness (QED) is 0.640. The van der Waals surface area contributed by atoms with Gasteiger partial charge in [-0.2, -0.15) is 12.8 Å². The Labute approximate surface area is 182 Å². The molecular formula is C23H14FN2O5S-. The summed E-state index contributed by atoms with van der Waals surface area (Å²) in [6.45, 7) is 0. The largest absolute Gasteiger partial charge is 0.545 e. The van der Waals surface area contributed by atoms with E-state index in [-0.39, 0.29) is 27.4 Å². The van der Waals surface area contributed by atoms with Crippen molar-refractivity contribution in [2.75, 3.05) is 5.32 Å². The lowest BCUT2D eigenvalue weighted by Gasteiger charge is -2.19. The van der Waals surface area contributed by atoms with Crippen molar-refractivity contribution in [3.05, 3.63) is 107 Å². The lowest BCUT2D eigenvalue weighted by molar-refractivity contribution is -0.255. The molecule has 0 heterocycles. The van der Waals surface area contributed by atoms with E-state index in [0.717, 1.165) is 24.3 Å². The Morgan fingerprint density at radius 2 is 1.62 bits per heavy atom. The van der Waals surface area contributed by atoms with Gasteiger partial charge in [-0.05, 0) is 48.0 Å². The van der Waals surface area contributed by atoms with E-state index in [0.29, 0.717) is 11.3 Å². The molecule has 0 amide bonds. The van der Waals surface area contributed by atoms with Crippen LogP contribution in [0.4, 0.5) is 10.1 Å². The number of hydrogen-bond acceptors (Lipinski definition) is 6. The number of carboxylic acid groups (broad SMARTS) is 1. The van der Waals surface area contributed by atoms with Gasteiger partial charge >= 0.3 is 0 Å². The maximum absolute atomic E-state index is 13.2. The van der Waals surface area contributed by atoms with Gasteiger partial charge in [0, 0.05) is 16.8 Å². The van der Waals surface area contributed by atoms with Crippen molar-refractivity contribution in [1.29, 1.82) is 0 Å². The zero-order valence-electron chi connectivity index (χ0n) is 16.3. The molecule has 0 radical (unpaired) electrons. The van der Waals surface area contributed by atoms with E-state index in [1.165, 1.54) is 30.3 Å². The Morgan fingerprint density at radius 1 is 0.938 bits per heavy atom. The van der Waals surface area contributed by atoms with Crippen LogP contribution >= 0.6 is 0 Å². The number of nitrogens with one attached hydrogen (secondary N) is 1. The second-order valence-electron chi connectivity index (χ2n) is 6.83. The van der Waals surface area contributed by atoms with E-state index in [1.807, 2.05) is 0 Å². The number of nitrogens with zero attached hydrogens (tertiary/aromatic N) is 1. The monoisotopic (exact) mass is 449 g/mol. The topological polar surface area (TPSA) is 116 Å². The summed E-state index contributed by atoms with van der Waals surface area (Å²) in [5.74, 6) is -2.39. The standard InChI is InChI=1S/C23H15FN2O5S/c24-15-8-10-17(11-9-15)32(30,31)26-20-13-21(22(27)19-7-2-1-6-18(19)20)25-16-5-3-4-14(12-16)23(28)29/h1-13,25H,(H,28,29)/p-1. The van der Waals surface area contributed by atoms with Crippen molar-refractivity contribution in [1.82, 2.24) is 0 Å². The third-order valence-electron chi connectivity index (χ3n) is 4.68. The first kappa shape index (κ1) is 21.1. The number of aromatic carboxylic acids is 1. The van der Waals surface area contributed by atoms with E-state index >= 15 is 0 Å². The van der Waals surface area contributed by atoms with Crippen LogP contribution in [0.15, 0.2) is 93.9 Å². The van der Waals surface area contributed by atoms with Crippen LogP contribution in [0.5, 0.6) is 0 Å². The Bertz CT molecular complexity index is 1410. The number of anilines is 1. The number of halogens is 1. The van der Waals surface area contributed by atoms with Gasteiger partial charge in [-0.25, -0.2) is 4.39 Å². The Balaban J connectivity index is 1.80. The fraction of sp³-hybridized carbons (Fsp3) is 0. The van der Waals surface area contributed by atoms with Crippen LogP contribution in [0.1, 0.15) is 26.3 Å². The third kappa shape index (κ3) is 4.19. The number of carbonyl (C=O) groups excluding carboxylic acids is 2. The molecule has 0 saturated carbocycles. The molecule has 0 fully saturated rings. The molecule has 0 bridgehead atoms. The van der Waals surface area contributed by atoms with Crippen molar-refractivity contribution >= 4 is 33.2 Å². The molecule has 0 unspecified atom stereocenters. The van der Waals surface area contributed by atoms with Gasteiger partial charge in [0.05, 0.1) is 22.3 Å². The van der Waals surface area contributed by atoms with Gasteiger partial charge in [-0.15, -0.1) is 0 Å². The number of Topliss-reactive ketones (excluding diaryl/α,β-unsaturated/α-hetero) is 1. The average molecular weight is 449 g/mol. The molecule has 160 valence electrons. The van der Waals surface area contributed by atoms with Crippen molar-refractivity contribution in [2.24, 2.45) is 4.40 Å². The molecule has 3 aromatic carbocycles. The number of allylic oxidation sites excluding steroid dienone is 2. The van der Waals surface area contributed by atoms with Crippen molar-refractivity contribution in [3.63, 3.8) is 0 Å². The number of fused-ring (bicyclic) bond motifs is 1. The number of rotatable bonds is 5. The minimum atomic E-state index is -4.20. The first-order chi connectivity index (χ1) is 15.2. The Morgan fingerprint density at radius 3 is 2.31 bits per heavy atom. The molecule has 7 nitrogen and oxygen atoms in total. The summed E-state index contributed by atoms with van der Waals surface area (Å²) in [7, 11) is -4.20. The summed E-state index contributed by atoms with van der Waals surface area (Å²) >= 11 is 0. The summed E-state index contributed by atoms with van der Waals surface area (Å²) in [5, 5.41) is 13.9. The minimum Gasteiger partial charge on any atom is -0.545 e. The maximum Gasteiger partial charge on any atom is 0.282 e. The molecule has 0 saturated heterocycles. The first-order valence-corrected chi connectivity index (χ1v) is 10.7. The summed E-state index contributed by atoms with van der Waals surface area (Å²) in [6, 6.07) is 16.2. The maximum atomic E-state index is 13.2. The molecule has 1 aliphatic rings. The van der Waals surface area contributed by atoms with Gasteiger partial charge < -0.3 is 15.2 Å². The number of hydrogen-bond donors (Lipinski definition) is 1. The van der Waals surface area contributed by atoms with Crippen LogP contribution in [0.25, 0.3) is 0 Å². The molecule has 4 rings (SSSR count). The first-order valence-electron chi connectivity index (χ1n) is 9.29. The highest BCUT2D eigenvalue weighted by Crippen LogP contribution is 2.25. The molecule has 3 aromatic rings. The Kier molecular flexibility index (Phi) is 5.41. The molecule has 32 heavy (non-hydrogen) atoms. The van der Waals surface area contributed by atoms with Crippen LogP contribution in [-0.2, 0) is 10.0 Å². The molecule has 0 aromatic heterocycles. The zero-order valence-corrected chi connectivity index (χ0v) is 17.1. The molecule has 1 N–H and O–H groups in total. The van der Waals surface area contributed by atoms with Gasteiger partial charge in [0.25, 0.3) is 10.0 Å². The summed E-state index contributed by atoms with van der Waals surface area (Å²) in [5.41, 5.74) is 0.757. The van der Waals surface area contributed by atoms with E-state index in [4.69, 9.17) is 0 Å². The molecule has 1 aliphatic carbocycles. The molecule has 0 aliphatic heterocycles. The summed E-state index contributed by atoms with van der Waals surface area (Å²) in [4.78, 5) is 23.9. The zero-order chi connectivity index (χ0) is 22.9. The van der Waals surface area contributed by atoms with Crippen LogP contribution in [0.2, 0.25) is 0 Å². The van der Waals surface area contributed by atoms with Crippen LogP contribution in [0.3, 0.4) is 0 Å². The minimum absolute atomic E-state index is 0.00285. The molecular weight excluding hydrogens is 435 g/mol. The number of carbonyl (C=O) groups is 2. The van der Waals surface area contributed by atoms with Crippen molar-refractivity contribution in [3.8, 4) is 0 Å². The summed E-state index contributed by atoms with van der Waals surface area (Å²) < 4.78 is 42.6. The molecule has 0 spiro atoms. The third-order valence-corrected chi connectivity index (χ3v) is 5.99. The Hall–Kier alpha value is -4.11. The summed E-state index contributed by atoms with van der Waals surface area (Å²) in [6.07, 6.45) is 1.28. The fourth-order valence-electron chi connectivity index (χ4n) is 3.17. The number of sulfonamides is 1. The van der Waals surface area contributed by atoms with Gasteiger partial charge in [-0.1, -0.05) is 36.4 Å². The van der Waals surface area contributed by atoms with Crippen LogP contribution < -0.4 is 10.4 Å². The van der Waals surface area contributed by atoms with E-state index in [9.17, 15) is 27.5 Å². The number of ketones is 1. The van der Waals surface area contributed by atoms with Gasteiger partial charge in [0.2, 0.25) is 5.78 Å². The van der Waals surface area contributed by atoms with E-state index < -0.39 is 27.6 Å². The van der Waals surface area contributed by atoms with E-state index in [1.54, 1.807) is 24.3 Å². The highest BCUT2D eigenvalue weighted by Gasteiger charge is 2.26. The highest BCUT2D eigenvalue weighted by atomic mass is 32.2. The number of carboxylic acids is 1. The normalized spacial score (nSPS) is 14.6. The lowest BCUT2D eigenvalue weighted by atomic mass is 9.92. The van der Waals surface area contributed by atoms with Crippen molar-refractivity contribution < 1.29 is 27.5 Å².